The van der Waals surface area contributed by atoms with E-state index in [1.54, 1.807) is 52.0 Å². The topological polar surface area (TPSA) is 195 Å². The average molecular weight is 804 g/mol. The van der Waals surface area contributed by atoms with Gasteiger partial charge < -0.3 is 29.7 Å². The van der Waals surface area contributed by atoms with Gasteiger partial charge in [-0.1, -0.05) is 27.7 Å². The van der Waals surface area contributed by atoms with E-state index in [1.165, 1.54) is 28.4 Å². The average Bonchev–Trinajstić information content (AvgIpc) is 3.63. The van der Waals surface area contributed by atoms with Gasteiger partial charge in [-0.3, -0.25) is 28.5 Å². The molecule has 0 aliphatic carbocycles. The van der Waals surface area contributed by atoms with E-state index in [2.05, 4.69) is 10.6 Å². The van der Waals surface area contributed by atoms with Crippen LogP contribution in [0, 0.1) is 11.8 Å². The third kappa shape index (κ3) is 10.6. The second-order valence-electron chi connectivity index (χ2n) is 13.3. The number of benzene rings is 2. The Hall–Kier alpha value is -4.47. The van der Waals surface area contributed by atoms with Gasteiger partial charge in [0.1, 0.15) is 36.7 Å². The number of carbonyl (C=O) groups is 4. The monoisotopic (exact) mass is 803 g/mol. The Kier molecular flexibility index (Phi) is 14.7. The molecule has 3 amide bonds. The van der Waals surface area contributed by atoms with Crippen LogP contribution in [0.5, 0.6) is 11.5 Å². The van der Waals surface area contributed by atoms with Crippen LogP contribution in [0.4, 0.5) is 0 Å². The summed E-state index contributed by atoms with van der Waals surface area (Å²) in [6.45, 7) is 5.72. The molecule has 1 aliphatic rings. The minimum Gasteiger partial charge on any atom is -0.480 e. The van der Waals surface area contributed by atoms with Crippen LogP contribution in [0.3, 0.4) is 0 Å². The first-order valence-electron chi connectivity index (χ1n) is 17.3. The first kappa shape index (κ1) is 42.3. The number of nitrogens with zero attached hydrogens (tertiary/aromatic N) is 3. The Morgan fingerprint density at radius 1 is 0.852 bits per heavy atom. The number of carboxylic acid groups (broad SMARTS) is 1. The SMILES string of the molecule is CSc1ccc(OP(=O)(Oc2ccc(SC)cc2)[C@H](NC(=O)[C@@H]2CCCN2C(=O)[C@@H](NC(=O)Cn2ccc(=O)n(CC(=O)O)c2=O)C(C)C)C(C)C)cc1. The van der Waals surface area contributed by atoms with Gasteiger partial charge in [0.05, 0.1) is 0 Å². The molecule has 0 bridgehead atoms. The van der Waals surface area contributed by atoms with Crippen LogP contribution in [-0.2, 0) is 36.8 Å². The highest BCUT2D eigenvalue weighted by Crippen LogP contribution is 2.54. The van der Waals surface area contributed by atoms with Crippen LogP contribution in [0.15, 0.2) is 80.2 Å². The lowest BCUT2D eigenvalue weighted by Gasteiger charge is -2.34. The van der Waals surface area contributed by atoms with Crippen LogP contribution < -0.4 is 30.9 Å². The van der Waals surface area contributed by atoms with Crippen LogP contribution in [0.2, 0.25) is 0 Å². The summed E-state index contributed by atoms with van der Waals surface area (Å²) in [5.41, 5.74) is -1.83. The first-order valence-corrected chi connectivity index (χ1v) is 21.3. The van der Waals surface area contributed by atoms with Crippen molar-refractivity contribution in [1.29, 1.82) is 0 Å². The predicted molar refractivity (Wildman–Crippen MR) is 206 cm³/mol. The molecule has 292 valence electrons. The molecule has 1 saturated heterocycles. The van der Waals surface area contributed by atoms with E-state index in [4.69, 9.17) is 14.2 Å². The highest BCUT2D eigenvalue weighted by Gasteiger charge is 2.46. The van der Waals surface area contributed by atoms with Gasteiger partial charge in [-0.15, -0.1) is 23.5 Å². The molecule has 1 aliphatic heterocycles. The van der Waals surface area contributed by atoms with E-state index >= 15 is 0 Å². The summed E-state index contributed by atoms with van der Waals surface area (Å²) in [6.07, 6.45) is 5.73. The van der Waals surface area contributed by atoms with Crippen molar-refractivity contribution in [1.82, 2.24) is 24.7 Å². The predicted octanol–water partition coefficient (Wildman–Crippen LogP) is 4.12. The van der Waals surface area contributed by atoms with Gasteiger partial charge in [-0.05, 0) is 85.7 Å². The number of rotatable bonds is 17. The minimum atomic E-state index is -4.21. The molecule has 3 atom stereocenters. The zero-order valence-electron chi connectivity index (χ0n) is 30.9. The highest BCUT2D eigenvalue weighted by atomic mass is 32.2. The molecule has 0 unspecified atom stereocenters. The summed E-state index contributed by atoms with van der Waals surface area (Å²) in [7, 11) is -4.21. The maximum Gasteiger partial charge on any atom is 0.453 e. The van der Waals surface area contributed by atoms with Gasteiger partial charge in [-0.2, -0.15) is 0 Å². The van der Waals surface area contributed by atoms with Gasteiger partial charge in [0.15, 0.2) is 5.78 Å². The summed E-state index contributed by atoms with van der Waals surface area (Å²) in [5, 5.41) is 14.6. The Bertz CT molecular complexity index is 1930. The molecule has 1 fully saturated rings. The first-order chi connectivity index (χ1) is 25.6. The molecule has 2 aromatic carbocycles. The largest absolute Gasteiger partial charge is 0.480 e. The smallest absolute Gasteiger partial charge is 0.453 e. The molecule has 1 aromatic heterocycles. The van der Waals surface area contributed by atoms with Gasteiger partial charge in [-0.25, -0.2) is 13.9 Å². The van der Waals surface area contributed by atoms with E-state index in [9.17, 15) is 33.3 Å². The summed E-state index contributed by atoms with van der Waals surface area (Å²) in [4.78, 5) is 80.5. The molecule has 2 heterocycles. The molecule has 0 spiro atoms. The van der Waals surface area contributed by atoms with E-state index in [-0.39, 0.29) is 18.0 Å². The normalized spacial score (nSPS) is 15.5. The van der Waals surface area contributed by atoms with E-state index in [0.29, 0.717) is 17.4 Å². The van der Waals surface area contributed by atoms with Gasteiger partial charge in [0.2, 0.25) is 17.7 Å². The third-order valence-electron chi connectivity index (χ3n) is 8.68. The van der Waals surface area contributed by atoms with Crippen molar-refractivity contribution in [2.45, 2.75) is 81.3 Å². The van der Waals surface area contributed by atoms with Gasteiger partial charge >= 0.3 is 19.3 Å². The molecule has 3 N–H and O–H groups in total. The van der Waals surface area contributed by atoms with E-state index in [1.807, 2.05) is 36.8 Å². The lowest BCUT2D eigenvalue weighted by Crippen LogP contribution is -2.57. The number of likely N-dealkylation sites (tertiary alicyclic amines) is 1. The van der Waals surface area contributed by atoms with E-state index in [0.717, 1.165) is 26.6 Å². The maximum absolute atomic E-state index is 14.9. The number of carbonyl (C=O) groups excluding carboxylic acids is 3. The number of amides is 3. The number of hydrogen-bond donors (Lipinski definition) is 3. The number of aliphatic carboxylic acids is 1. The Labute approximate surface area is 321 Å². The van der Waals surface area contributed by atoms with Crippen LogP contribution in [0.25, 0.3) is 0 Å². The molecule has 0 saturated carbocycles. The lowest BCUT2D eigenvalue weighted by molar-refractivity contribution is -0.142. The molecular weight excluding hydrogens is 758 g/mol. The number of carboxylic acids is 1. The minimum absolute atomic E-state index is 0.218. The van der Waals surface area contributed by atoms with Crippen molar-refractivity contribution < 1.29 is 37.9 Å². The maximum atomic E-state index is 14.9. The third-order valence-corrected chi connectivity index (χ3v) is 12.5. The Morgan fingerprint density at radius 3 is 1.89 bits per heavy atom. The molecule has 0 radical (unpaired) electrons. The summed E-state index contributed by atoms with van der Waals surface area (Å²) < 4.78 is 28.5. The zero-order chi connectivity index (χ0) is 39.7. The van der Waals surface area contributed by atoms with Crippen molar-refractivity contribution in [3.05, 3.63) is 81.6 Å². The number of thioether (sulfide) groups is 2. The van der Waals surface area contributed by atoms with Crippen molar-refractivity contribution in [3.63, 3.8) is 0 Å². The van der Waals surface area contributed by atoms with Crippen LogP contribution in [-0.4, -0.2) is 79.8 Å². The second-order valence-corrected chi connectivity index (χ2v) is 17.1. The van der Waals surface area contributed by atoms with Crippen molar-refractivity contribution >= 4 is 54.8 Å². The standard InChI is InChI=1S/C36H46N5O10PS2/c1-22(2)32(37-29(42)20-39-19-17-30(43)41(36(39)48)21-31(44)45)35(47)40-18-7-8-28(40)33(46)38-34(23(3)4)52(49,50-24-9-13-26(53-5)14-10-24)51-25-11-15-27(54-6)16-12-25/h9-17,19,22-23,28,32,34H,7-8,18,20-21H2,1-6H3,(H,37,42)(H,38,46)(H,44,45)/t28-,32-,34-/m0/s1. The summed E-state index contributed by atoms with van der Waals surface area (Å²) in [6, 6.07) is 12.9. The number of hydrogen-bond acceptors (Lipinski definition) is 11. The fourth-order valence-electron chi connectivity index (χ4n) is 5.88. The highest BCUT2D eigenvalue weighted by molar-refractivity contribution is 7.98. The van der Waals surface area contributed by atoms with Crippen LogP contribution >= 0.6 is 31.1 Å². The number of aromatic nitrogens is 2. The van der Waals surface area contributed by atoms with Gasteiger partial charge in [0.25, 0.3) is 5.56 Å². The van der Waals surface area contributed by atoms with E-state index < -0.39 is 85.3 Å². The van der Waals surface area contributed by atoms with Crippen LogP contribution in [0.1, 0.15) is 40.5 Å². The molecule has 15 nitrogen and oxygen atoms in total. The zero-order valence-corrected chi connectivity index (χ0v) is 33.5. The fourth-order valence-corrected chi connectivity index (χ4v) is 8.81. The quantitative estimate of drug-likeness (QED) is 0.131. The number of nitrogens with one attached hydrogen (secondary N) is 2. The Balaban J connectivity index is 1.56. The summed E-state index contributed by atoms with van der Waals surface area (Å²) in [5.74, 6) is -4.69. The summed E-state index contributed by atoms with van der Waals surface area (Å²) >= 11 is 3.07. The molecule has 3 aromatic rings. The molecule has 54 heavy (non-hydrogen) atoms. The lowest BCUT2D eigenvalue weighted by atomic mass is 10.0. The van der Waals surface area contributed by atoms with Crippen molar-refractivity contribution in [2.75, 3.05) is 19.1 Å². The van der Waals surface area contributed by atoms with Crippen molar-refractivity contribution in [2.24, 2.45) is 11.8 Å². The second kappa shape index (κ2) is 18.7. The van der Waals surface area contributed by atoms with Gasteiger partial charge in [0, 0.05) is 28.6 Å². The molecule has 4 rings (SSSR count). The van der Waals surface area contributed by atoms with Crippen molar-refractivity contribution in [3.8, 4) is 11.5 Å². The molecular formula is C36H46N5O10PS2. The molecule has 18 heteroatoms. The fraction of sp³-hybridized carbons (Fsp3) is 0.444. The Morgan fingerprint density at radius 2 is 1.41 bits per heavy atom.